The third-order valence-electron chi connectivity index (χ3n) is 8.27. The second-order valence-electron chi connectivity index (χ2n) is 10.5. The van der Waals surface area contributed by atoms with Crippen molar-refractivity contribution < 1.29 is 4.79 Å². The van der Waals surface area contributed by atoms with Crippen molar-refractivity contribution in [2.45, 2.75) is 58.4 Å². The number of pyridine rings is 1. The molecule has 0 radical (unpaired) electrons. The summed E-state index contributed by atoms with van der Waals surface area (Å²) in [5.41, 5.74) is 0.904. The summed E-state index contributed by atoms with van der Waals surface area (Å²) in [6, 6.07) is 3.63. The molecule has 0 spiro atoms. The second kappa shape index (κ2) is 7.90. The molecular formula is C24H35N3O2. The summed E-state index contributed by atoms with van der Waals surface area (Å²) in [5.74, 6) is 4.60. The minimum absolute atomic E-state index is 0.210. The van der Waals surface area contributed by atoms with Crippen molar-refractivity contribution in [2.24, 2.45) is 35.5 Å². The van der Waals surface area contributed by atoms with Gasteiger partial charge in [-0.3, -0.25) is 14.5 Å². The molecule has 2 heterocycles. The van der Waals surface area contributed by atoms with Crippen LogP contribution in [0.1, 0.15) is 67.9 Å². The Morgan fingerprint density at radius 1 is 1.14 bits per heavy atom. The molecule has 5 heteroatoms. The van der Waals surface area contributed by atoms with Crippen molar-refractivity contribution >= 4 is 5.91 Å². The summed E-state index contributed by atoms with van der Waals surface area (Å²) in [6.45, 7) is 5.94. The number of hydrogen-bond acceptors (Lipinski definition) is 3. The molecule has 29 heavy (non-hydrogen) atoms. The molecule has 5 fully saturated rings. The fourth-order valence-electron chi connectivity index (χ4n) is 7.13. The average molecular weight is 398 g/mol. The largest absolute Gasteiger partial charge is 0.352 e. The van der Waals surface area contributed by atoms with E-state index in [4.69, 9.17) is 0 Å². The van der Waals surface area contributed by atoms with Crippen LogP contribution in [0.15, 0.2) is 16.9 Å². The average Bonchev–Trinajstić information content (AvgIpc) is 2.67. The molecule has 1 aromatic heterocycles. The molecule has 0 aromatic carbocycles. The third-order valence-corrected chi connectivity index (χ3v) is 8.27. The Kier molecular flexibility index (Phi) is 5.27. The number of H-pyrrole nitrogens is 1. The highest BCUT2D eigenvalue weighted by Gasteiger charge is 2.47. The summed E-state index contributed by atoms with van der Waals surface area (Å²) < 4.78 is 0. The van der Waals surface area contributed by atoms with Crippen molar-refractivity contribution in [3.63, 3.8) is 0 Å². The number of carbonyl (C=O) groups is 1. The first-order chi connectivity index (χ1) is 14.0. The maximum absolute atomic E-state index is 12.7. The van der Waals surface area contributed by atoms with Crippen LogP contribution in [0.4, 0.5) is 0 Å². The van der Waals surface area contributed by atoms with Gasteiger partial charge in [0.25, 0.3) is 11.5 Å². The Balaban J connectivity index is 1.18. The topological polar surface area (TPSA) is 65.2 Å². The van der Waals surface area contributed by atoms with Gasteiger partial charge in [0, 0.05) is 25.3 Å². The van der Waals surface area contributed by atoms with Gasteiger partial charge in [0.05, 0.1) is 0 Å². The highest BCUT2D eigenvalue weighted by molar-refractivity contribution is 5.93. The molecular weight excluding hydrogens is 362 g/mol. The number of aromatic nitrogens is 1. The second-order valence-corrected chi connectivity index (χ2v) is 10.5. The molecule has 6 rings (SSSR count). The molecule has 0 unspecified atom stereocenters. The number of nitrogens with zero attached hydrogens (tertiary/aromatic N) is 1. The molecule has 158 valence electrons. The lowest BCUT2D eigenvalue weighted by Gasteiger charge is -2.54. The van der Waals surface area contributed by atoms with Gasteiger partial charge in [0.1, 0.15) is 5.56 Å². The van der Waals surface area contributed by atoms with Gasteiger partial charge in [0.15, 0.2) is 0 Å². The van der Waals surface area contributed by atoms with E-state index in [1.54, 1.807) is 6.07 Å². The lowest BCUT2D eigenvalue weighted by Crippen LogP contribution is -2.49. The fraction of sp³-hybridized carbons (Fsp3) is 0.750. The summed E-state index contributed by atoms with van der Waals surface area (Å²) in [4.78, 5) is 30.6. The molecule has 1 amide bonds. The predicted molar refractivity (Wildman–Crippen MR) is 114 cm³/mol. The zero-order chi connectivity index (χ0) is 20.0. The number of nitrogens with one attached hydrogen (secondary N) is 2. The number of likely N-dealkylation sites (tertiary alicyclic amines) is 1. The molecule has 1 atom stereocenters. The zero-order valence-electron chi connectivity index (χ0n) is 17.7. The number of piperidine rings is 1. The number of hydrogen-bond donors (Lipinski definition) is 2. The van der Waals surface area contributed by atoms with E-state index >= 15 is 0 Å². The molecule has 1 saturated heterocycles. The summed E-state index contributed by atoms with van der Waals surface area (Å²) in [5, 5.41) is 3.11. The maximum atomic E-state index is 12.7. The lowest BCUT2D eigenvalue weighted by molar-refractivity contribution is -0.0347. The van der Waals surface area contributed by atoms with E-state index in [0.29, 0.717) is 11.8 Å². The Morgan fingerprint density at radius 3 is 2.52 bits per heavy atom. The van der Waals surface area contributed by atoms with Gasteiger partial charge in [-0.2, -0.15) is 0 Å². The number of carbonyl (C=O) groups excluding carboxylic acids is 1. The first-order valence-electron chi connectivity index (χ1n) is 11.8. The molecule has 5 nitrogen and oxygen atoms in total. The van der Waals surface area contributed by atoms with Crippen molar-refractivity contribution in [3.05, 3.63) is 33.7 Å². The first-order valence-corrected chi connectivity index (χ1v) is 11.8. The van der Waals surface area contributed by atoms with E-state index in [1.165, 1.54) is 44.9 Å². The van der Waals surface area contributed by atoms with Crippen LogP contribution >= 0.6 is 0 Å². The van der Waals surface area contributed by atoms with Gasteiger partial charge in [0.2, 0.25) is 0 Å². The van der Waals surface area contributed by atoms with Crippen molar-refractivity contribution in [3.8, 4) is 0 Å². The van der Waals surface area contributed by atoms with Gasteiger partial charge in [-0.05, 0) is 99.1 Å². The molecule has 1 aliphatic heterocycles. The van der Waals surface area contributed by atoms with Crippen LogP contribution in [0.25, 0.3) is 0 Å². The van der Waals surface area contributed by atoms with E-state index in [-0.39, 0.29) is 17.0 Å². The van der Waals surface area contributed by atoms with Gasteiger partial charge in [-0.25, -0.2) is 0 Å². The number of rotatable bonds is 5. The van der Waals surface area contributed by atoms with Crippen LogP contribution in [-0.2, 0) is 6.54 Å². The SMILES string of the molecule is C[C@H]1CCCN(Cc2ccc(C(=O)NCC3C4CC5CC(C4)CC3C5)c(=O)[nH]2)C1. The van der Waals surface area contributed by atoms with E-state index in [2.05, 4.69) is 22.1 Å². The van der Waals surface area contributed by atoms with Crippen molar-refractivity contribution in [2.75, 3.05) is 19.6 Å². The lowest BCUT2D eigenvalue weighted by atomic mass is 9.52. The van der Waals surface area contributed by atoms with Crippen molar-refractivity contribution in [1.82, 2.24) is 15.2 Å². The molecule has 5 aliphatic rings. The van der Waals surface area contributed by atoms with E-state index in [1.807, 2.05) is 6.07 Å². The van der Waals surface area contributed by atoms with Crippen LogP contribution < -0.4 is 10.9 Å². The van der Waals surface area contributed by atoms with E-state index in [9.17, 15) is 9.59 Å². The van der Waals surface area contributed by atoms with Crippen LogP contribution in [0.2, 0.25) is 0 Å². The Labute approximate surface area is 173 Å². The quantitative estimate of drug-likeness (QED) is 0.800. The maximum Gasteiger partial charge on any atom is 0.261 e. The molecule has 4 aliphatic carbocycles. The number of amides is 1. The summed E-state index contributed by atoms with van der Waals surface area (Å²) >= 11 is 0. The van der Waals surface area contributed by atoms with Gasteiger partial charge < -0.3 is 10.3 Å². The Bertz CT molecular complexity index is 789. The van der Waals surface area contributed by atoms with Crippen LogP contribution in [0, 0.1) is 35.5 Å². The standard InChI is InChI=1S/C24H35N3O2/c1-15-3-2-6-27(13-15)14-20-4-5-21(24(29)26-20)23(28)25-12-22-18-8-16-7-17(10-18)11-19(22)9-16/h4-5,15-19,22H,2-3,6-14H2,1H3,(H,25,28)(H,26,29)/t15-,16?,17?,18?,19?,22?/m0/s1. The molecule has 2 N–H and O–H groups in total. The Hall–Kier alpha value is -1.62. The minimum atomic E-state index is -0.254. The predicted octanol–water partition coefficient (Wildman–Crippen LogP) is 3.41. The minimum Gasteiger partial charge on any atom is -0.352 e. The normalized spacial score (nSPS) is 36.3. The van der Waals surface area contributed by atoms with Crippen LogP contribution in [0.5, 0.6) is 0 Å². The third kappa shape index (κ3) is 4.03. The zero-order valence-corrected chi connectivity index (χ0v) is 17.7. The highest BCUT2D eigenvalue weighted by Crippen LogP contribution is 2.56. The van der Waals surface area contributed by atoms with E-state index in [0.717, 1.165) is 55.5 Å². The molecule has 1 aromatic rings. The molecule has 4 bridgehead atoms. The smallest absolute Gasteiger partial charge is 0.261 e. The van der Waals surface area contributed by atoms with Gasteiger partial charge in [-0.15, -0.1) is 0 Å². The number of aromatic amines is 1. The summed E-state index contributed by atoms with van der Waals surface area (Å²) in [6.07, 6.45) is 9.39. The van der Waals surface area contributed by atoms with Crippen LogP contribution in [-0.4, -0.2) is 35.4 Å². The Morgan fingerprint density at radius 2 is 1.86 bits per heavy atom. The first kappa shape index (κ1) is 19.3. The monoisotopic (exact) mass is 397 g/mol. The van der Waals surface area contributed by atoms with Crippen LogP contribution in [0.3, 0.4) is 0 Å². The summed E-state index contributed by atoms with van der Waals surface area (Å²) in [7, 11) is 0. The van der Waals surface area contributed by atoms with Crippen molar-refractivity contribution in [1.29, 1.82) is 0 Å². The molecule has 4 saturated carbocycles. The fourth-order valence-corrected chi connectivity index (χ4v) is 7.13. The van der Waals surface area contributed by atoms with E-state index < -0.39 is 0 Å². The van der Waals surface area contributed by atoms with Gasteiger partial charge in [-0.1, -0.05) is 6.92 Å². The van der Waals surface area contributed by atoms with Gasteiger partial charge >= 0.3 is 0 Å². The highest BCUT2D eigenvalue weighted by atomic mass is 16.2.